The number of aryl methyl sites for hydroxylation is 1. The SMILES string of the molecule is c1nc2c(c(NC3CCNCC3)n1)CCCC2. The Morgan fingerprint density at radius 1 is 1.12 bits per heavy atom. The molecule has 1 aliphatic carbocycles. The highest BCUT2D eigenvalue weighted by Gasteiger charge is 2.18. The molecular formula is C13H20N4. The van der Waals surface area contributed by atoms with Crippen molar-refractivity contribution in [3.63, 3.8) is 0 Å². The van der Waals surface area contributed by atoms with Crippen LogP contribution in [-0.4, -0.2) is 29.1 Å². The molecule has 0 amide bonds. The highest BCUT2D eigenvalue weighted by atomic mass is 15.1. The first-order valence-corrected chi connectivity index (χ1v) is 6.73. The summed E-state index contributed by atoms with van der Waals surface area (Å²) in [6.45, 7) is 2.23. The summed E-state index contributed by atoms with van der Waals surface area (Å²) >= 11 is 0. The van der Waals surface area contributed by atoms with Gasteiger partial charge in [0, 0.05) is 17.3 Å². The Labute approximate surface area is 102 Å². The van der Waals surface area contributed by atoms with Crippen molar-refractivity contribution >= 4 is 5.82 Å². The monoisotopic (exact) mass is 232 g/mol. The fraction of sp³-hybridized carbons (Fsp3) is 0.692. The average Bonchev–Trinajstić information content (AvgIpc) is 2.40. The lowest BCUT2D eigenvalue weighted by Crippen LogP contribution is -2.36. The zero-order valence-electron chi connectivity index (χ0n) is 10.2. The molecule has 17 heavy (non-hydrogen) atoms. The molecule has 0 unspecified atom stereocenters. The molecule has 1 aliphatic heterocycles. The first-order valence-electron chi connectivity index (χ1n) is 6.73. The summed E-state index contributed by atoms with van der Waals surface area (Å²) in [5.41, 5.74) is 2.64. The Bertz CT molecular complexity index is 385. The van der Waals surface area contributed by atoms with Gasteiger partial charge in [0.1, 0.15) is 12.1 Å². The van der Waals surface area contributed by atoms with E-state index in [4.69, 9.17) is 0 Å². The molecule has 0 saturated carbocycles. The van der Waals surface area contributed by atoms with Gasteiger partial charge in [0.05, 0.1) is 0 Å². The van der Waals surface area contributed by atoms with Crippen LogP contribution >= 0.6 is 0 Å². The molecule has 0 bridgehead atoms. The van der Waals surface area contributed by atoms with Crippen LogP contribution in [0, 0.1) is 0 Å². The standard InChI is InChI=1S/C13H20N4/c1-2-4-12-11(3-1)13(16-9-15-12)17-10-5-7-14-8-6-10/h9-10,14H,1-8H2,(H,15,16,17). The van der Waals surface area contributed by atoms with Gasteiger partial charge < -0.3 is 10.6 Å². The van der Waals surface area contributed by atoms with Gasteiger partial charge >= 0.3 is 0 Å². The van der Waals surface area contributed by atoms with E-state index in [9.17, 15) is 0 Å². The third-order valence-electron chi connectivity index (χ3n) is 3.80. The highest BCUT2D eigenvalue weighted by Crippen LogP contribution is 2.25. The summed E-state index contributed by atoms with van der Waals surface area (Å²) < 4.78 is 0. The van der Waals surface area contributed by atoms with Crippen molar-refractivity contribution in [2.45, 2.75) is 44.6 Å². The molecule has 3 rings (SSSR count). The summed E-state index contributed by atoms with van der Waals surface area (Å²) in [6.07, 6.45) is 8.92. The molecule has 0 aromatic carbocycles. The minimum atomic E-state index is 0.581. The van der Waals surface area contributed by atoms with Crippen molar-refractivity contribution in [2.75, 3.05) is 18.4 Å². The molecule has 1 aromatic heterocycles. The normalized spacial score (nSPS) is 20.9. The van der Waals surface area contributed by atoms with Gasteiger partial charge in [-0.15, -0.1) is 0 Å². The lowest BCUT2D eigenvalue weighted by molar-refractivity contribution is 0.477. The van der Waals surface area contributed by atoms with Crippen molar-refractivity contribution in [1.82, 2.24) is 15.3 Å². The quantitative estimate of drug-likeness (QED) is 0.811. The number of nitrogens with one attached hydrogen (secondary N) is 2. The van der Waals surface area contributed by atoms with Gasteiger partial charge in [-0.2, -0.15) is 0 Å². The number of nitrogens with zero attached hydrogens (tertiary/aromatic N) is 2. The van der Waals surface area contributed by atoms with Crippen molar-refractivity contribution in [3.8, 4) is 0 Å². The van der Waals surface area contributed by atoms with Gasteiger partial charge in [-0.25, -0.2) is 9.97 Å². The predicted octanol–water partition coefficient (Wildman–Crippen LogP) is 1.52. The van der Waals surface area contributed by atoms with Gasteiger partial charge in [0.25, 0.3) is 0 Å². The first kappa shape index (κ1) is 11.0. The molecule has 1 fully saturated rings. The van der Waals surface area contributed by atoms with Gasteiger partial charge in [-0.1, -0.05) is 0 Å². The number of fused-ring (bicyclic) bond motifs is 1. The van der Waals surface area contributed by atoms with Gasteiger partial charge in [-0.3, -0.25) is 0 Å². The number of aromatic nitrogens is 2. The molecule has 92 valence electrons. The maximum Gasteiger partial charge on any atom is 0.133 e. The molecule has 1 saturated heterocycles. The Balaban J connectivity index is 1.77. The fourth-order valence-corrected chi connectivity index (χ4v) is 2.81. The second kappa shape index (κ2) is 5.00. The molecule has 0 atom stereocenters. The summed E-state index contributed by atoms with van der Waals surface area (Å²) in [7, 11) is 0. The van der Waals surface area contributed by atoms with Crippen LogP contribution in [-0.2, 0) is 12.8 Å². The number of anilines is 1. The molecule has 0 spiro atoms. The smallest absolute Gasteiger partial charge is 0.133 e. The predicted molar refractivity (Wildman–Crippen MR) is 68.2 cm³/mol. The molecular weight excluding hydrogens is 212 g/mol. The Kier molecular flexibility index (Phi) is 3.22. The molecule has 2 heterocycles. The summed E-state index contributed by atoms with van der Waals surface area (Å²) in [5, 5.41) is 7.01. The second-order valence-electron chi connectivity index (χ2n) is 5.02. The van der Waals surface area contributed by atoms with Crippen molar-refractivity contribution in [3.05, 3.63) is 17.6 Å². The van der Waals surface area contributed by atoms with Crippen LogP contribution in [0.1, 0.15) is 36.9 Å². The molecule has 4 heteroatoms. The molecule has 0 radical (unpaired) electrons. The number of rotatable bonds is 2. The summed E-state index contributed by atoms with van der Waals surface area (Å²) in [6, 6.07) is 0.581. The largest absolute Gasteiger partial charge is 0.367 e. The molecule has 4 nitrogen and oxygen atoms in total. The second-order valence-corrected chi connectivity index (χ2v) is 5.02. The van der Waals surface area contributed by atoms with Crippen molar-refractivity contribution < 1.29 is 0 Å². The van der Waals surface area contributed by atoms with Crippen LogP contribution in [0.5, 0.6) is 0 Å². The maximum absolute atomic E-state index is 4.44. The van der Waals surface area contributed by atoms with Crippen LogP contribution in [0.2, 0.25) is 0 Å². The van der Waals surface area contributed by atoms with E-state index in [2.05, 4.69) is 20.6 Å². The van der Waals surface area contributed by atoms with Gasteiger partial charge in [-0.05, 0) is 51.6 Å². The Hall–Kier alpha value is -1.16. The lowest BCUT2D eigenvalue weighted by Gasteiger charge is -2.26. The third-order valence-corrected chi connectivity index (χ3v) is 3.80. The van der Waals surface area contributed by atoms with Crippen LogP contribution < -0.4 is 10.6 Å². The molecule has 2 N–H and O–H groups in total. The molecule has 1 aromatic rings. The van der Waals surface area contributed by atoms with E-state index >= 15 is 0 Å². The Morgan fingerprint density at radius 3 is 2.82 bits per heavy atom. The van der Waals surface area contributed by atoms with E-state index in [-0.39, 0.29) is 0 Å². The van der Waals surface area contributed by atoms with E-state index in [0.29, 0.717) is 6.04 Å². The minimum Gasteiger partial charge on any atom is -0.367 e. The minimum absolute atomic E-state index is 0.581. The van der Waals surface area contributed by atoms with E-state index in [1.54, 1.807) is 6.33 Å². The van der Waals surface area contributed by atoms with E-state index < -0.39 is 0 Å². The Morgan fingerprint density at radius 2 is 1.94 bits per heavy atom. The zero-order valence-corrected chi connectivity index (χ0v) is 10.2. The van der Waals surface area contributed by atoms with Crippen LogP contribution in [0.15, 0.2) is 6.33 Å². The third kappa shape index (κ3) is 2.41. The van der Waals surface area contributed by atoms with E-state index in [1.165, 1.54) is 36.9 Å². The van der Waals surface area contributed by atoms with E-state index in [1.807, 2.05) is 0 Å². The zero-order chi connectivity index (χ0) is 11.5. The van der Waals surface area contributed by atoms with Crippen LogP contribution in [0.3, 0.4) is 0 Å². The van der Waals surface area contributed by atoms with Crippen molar-refractivity contribution in [2.24, 2.45) is 0 Å². The molecule has 2 aliphatic rings. The van der Waals surface area contributed by atoms with Crippen LogP contribution in [0.4, 0.5) is 5.82 Å². The summed E-state index contributed by atoms with van der Waals surface area (Å²) in [4.78, 5) is 8.85. The number of hydrogen-bond acceptors (Lipinski definition) is 4. The topological polar surface area (TPSA) is 49.8 Å². The number of hydrogen-bond donors (Lipinski definition) is 2. The van der Waals surface area contributed by atoms with Crippen molar-refractivity contribution in [1.29, 1.82) is 0 Å². The maximum atomic E-state index is 4.44. The highest BCUT2D eigenvalue weighted by molar-refractivity contribution is 5.47. The van der Waals surface area contributed by atoms with Gasteiger partial charge in [0.2, 0.25) is 0 Å². The summed E-state index contributed by atoms with van der Waals surface area (Å²) in [5.74, 6) is 1.10. The average molecular weight is 232 g/mol. The van der Waals surface area contributed by atoms with Gasteiger partial charge in [0.15, 0.2) is 0 Å². The first-order chi connectivity index (χ1) is 8.43. The fourth-order valence-electron chi connectivity index (χ4n) is 2.81. The van der Waals surface area contributed by atoms with Crippen LogP contribution in [0.25, 0.3) is 0 Å². The van der Waals surface area contributed by atoms with E-state index in [0.717, 1.165) is 31.7 Å². The number of piperidine rings is 1. The lowest BCUT2D eigenvalue weighted by atomic mass is 9.96.